The molecule has 0 aliphatic carbocycles. The zero-order valence-electron chi connectivity index (χ0n) is 8.07. The van der Waals surface area contributed by atoms with Gasteiger partial charge in [0.25, 0.3) is 0 Å². The molecule has 0 unspecified atom stereocenters. The van der Waals surface area contributed by atoms with Crippen LogP contribution < -0.4 is 0 Å². The Morgan fingerprint density at radius 3 is 2.94 bits per heavy atom. The summed E-state index contributed by atoms with van der Waals surface area (Å²) in [7, 11) is 0. The van der Waals surface area contributed by atoms with Gasteiger partial charge in [-0.2, -0.15) is 10.4 Å². The van der Waals surface area contributed by atoms with Crippen LogP contribution in [0.4, 0.5) is 4.39 Å². The van der Waals surface area contributed by atoms with Crippen LogP contribution >= 0.6 is 0 Å². The van der Waals surface area contributed by atoms with Crippen molar-refractivity contribution in [2.75, 3.05) is 0 Å². The Labute approximate surface area is 90.3 Å². The maximum Gasteiger partial charge on any atom is 0.153 e. The van der Waals surface area contributed by atoms with Gasteiger partial charge in [-0.25, -0.2) is 4.39 Å². The van der Waals surface area contributed by atoms with Crippen LogP contribution in [0.25, 0.3) is 11.3 Å². The van der Waals surface area contributed by atoms with Crippen LogP contribution in [0.3, 0.4) is 0 Å². The van der Waals surface area contributed by atoms with E-state index in [1.54, 1.807) is 12.1 Å². The fourth-order valence-electron chi connectivity index (χ4n) is 1.38. The van der Waals surface area contributed by atoms with Crippen molar-refractivity contribution in [3.8, 4) is 17.3 Å². The monoisotopic (exact) mass is 215 g/mol. The molecule has 0 bridgehead atoms. The molecule has 5 heteroatoms. The van der Waals surface area contributed by atoms with Crippen LogP contribution in [-0.4, -0.2) is 16.5 Å². The van der Waals surface area contributed by atoms with Crippen molar-refractivity contribution in [1.29, 1.82) is 5.26 Å². The summed E-state index contributed by atoms with van der Waals surface area (Å²) in [5, 5.41) is 14.9. The number of hydrogen-bond acceptors (Lipinski definition) is 3. The van der Waals surface area contributed by atoms with Crippen molar-refractivity contribution in [3.63, 3.8) is 0 Å². The summed E-state index contributed by atoms with van der Waals surface area (Å²) in [4.78, 5) is 10.7. The first-order chi connectivity index (χ1) is 7.76. The minimum Gasteiger partial charge on any atom is -0.298 e. The number of H-pyrrole nitrogens is 1. The number of carbonyl (C=O) groups excluding carboxylic acids is 1. The molecule has 1 heterocycles. The number of halogens is 1. The fourth-order valence-corrected chi connectivity index (χ4v) is 1.38. The van der Waals surface area contributed by atoms with E-state index < -0.39 is 5.82 Å². The summed E-state index contributed by atoms with van der Waals surface area (Å²) >= 11 is 0. The average Bonchev–Trinajstić information content (AvgIpc) is 2.77. The Morgan fingerprint density at radius 1 is 1.50 bits per heavy atom. The number of hydrogen-bond donors (Lipinski definition) is 1. The van der Waals surface area contributed by atoms with Gasteiger partial charge >= 0.3 is 0 Å². The van der Waals surface area contributed by atoms with E-state index in [2.05, 4.69) is 10.2 Å². The topological polar surface area (TPSA) is 69.5 Å². The average molecular weight is 215 g/mol. The highest BCUT2D eigenvalue weighted by atomic mass is 19.1. The van der Waals surface area contributed by atoms with Gasteiger partial charge in [0.1, 0.15) is 11.9 Å². The molecule has 0 aliphatic rings. The Balaban J connectivity index is 2.54. The van der Waals surface area contributed by atoms with Crippen LogP contribution in [0.5, 0.6) is 0 Å². The van der Waals surface area contributed by atoms with Gasteiger partial charge in [-0.05, 0) is 12.1 Å². The lowest BCUT2D eigenvalue weighted by molar-refractivity contribution is 0.112. The predicted molar refractivity (Wildman–Crippen MR) is 54.1 cm³/mol. The number of aromatic amines is 1. The molecule has 4 nitrogen and oxygen atoms in total. The highest BCUT2D eigenvalue weighted by molar-refractivity contribution is 5.85. The number of rotatable bonds is 2. The van der Waals surface area contributed by atoms with Crippen molar-refractivity contribution >= 4 is 6.29 Å². The number of carbonyl (C=O) groups is 1. The molecule has 1 N–H and O–H groups in total. The lowest BCUT2D eigenvalue weighted by Gasteiger charge is -2.00. The molecule has 2 rings (SSSR count). The second kappa shape index (κ2) is 3.95. The standard InChI is InChI=1S/C11H6FN3O/c12-10-3-7(1-2-8(10)4-13)11-9(6-16)5-14-15-11/h1-3,5-6H,(H,14,15). The van der Waals surface area contributed by atoms with Gasteiger partial charge in [0.2, 0.25) is 0 Å². The van der Waals surface area contributed by atoms with E-state index >= 15 is 0 Å². The zero-order chi connectivity index (χ0) is 11.5. The summed E-state index contributed by atoms with van der Waals surface area (Å²) in [6, 6.07) is 5.84. The fraction of sp³-hybridized carbons (Fsp3) is 0. The molecule has 0 atom stereocenters. The van der Waals surface area contributed by atoms with Gasteiger partial charge in [-0.1, -0.05) is 6.07 Å². The third kappa shape index (κ3) is 1.57. The molecular weight excluding hydrogens is 209 g/mol. The van der Waals surface area contributed by atoms with Crippen molar-refractivity contribution in [2.24, 2.45) is 0 Å². The van der Waals surface area contributed by atoms with Gasteiger partial charge in [0, 0.05) is 5.56 Å². The van der Waals surface area contributed by atoms with Gasteiger partial charge in [-0.3, -0.25) is 9.89 Å². The quantitative estimate of drug-likeness (QED) is 0.778. The van der Waals surface area contributed by atoms with Crippen molar-refractivity contribution in [2.45, 2.75) is 0 Å². The Bertz CT molecular complexity index is 583. The summed E-state index contributed by atoms with van der Waals surface area (Å²) < 4.78 is 13.3. The molecule has 16 heavy (non-hydrogen) atoms. The van der Waals surface area contributed by atoms with Crippen LogP contribution in [0.1, 0.15) is 15.9 Å². The van der Waals surface area contributed by atoms with E-state index in [0.29, 0.717) is 23.1 Å². The molecular formula is C11H6FN3O. The zero-order valence-corrected chi connectivity index (χ0v) is 8.07. The third-order valence-electron chi connectivity index (χ3n) is 2.17. The smallest absolute Gasteiger partial charge is 0.153 e. The lowest BCUT2D eigenvalue weighted by atomic mass is 10.1. The molecule has 0 saturated heterocycles. The molecule has 1 aromatic heterocycles. The maximum atomic E-state index is 13.3. The van der Waals surface area contributed by atoms with Crippen molar-refractivity contribution in [3.05, 3.63) is 41.3 Å². The highest BCUT2D eigenvalue weighted by Gasteiger charge is 2.09. The molecule has 0 amide bonds. The van der Waals surface area contributed by atoms with Gasteiger partial charge in [-0.15, -0.1) is 0 Å². The van der Waals surface area contributed by atoms with Crippen LogP contribution in [0.2, 0.25) is 0 Å². The Kier molecular flexibility index (Phi) is 2.48. The first-order valence-electron chi connectivity index (χ1n) is 4.45. The molecule has 0 radical (unpaired) electrons. The molecule has 0 fully saturated rings. The van der Waals surface area contributed by atoms with E-state index in [-0.39, 0.29) is 5.56 Å². The second-order valence-corrected chi connectivity index (χ2v) is 3.12. The summed E-state index contributed by atoms with van der Waals surface area (Å²) in [5.41, 5.74) is 1.24. The lowest BCUT2D eigenvalue weighted by Crippen LogP contribution is -1.88. The van der Waals surface area contributed by atoms with Crippen molar-refractivity contribution in [1.82, 2.24) is 10.2 Å². The van der Waals surface area contributed by atoms with E-state index in [9.17, 15) is 9.18 Å². The summed E-state index contributed by atoms with van der Waals surface area (Å²) in [5.74, 6) is -0.619. The first-order valence-corrected chi connectivity index (χ1v) is 4.45. The summed E-state index contributed by atoms with van der Waals surface area (Å²) in [6.45, 7) is 0. The van der Waals surface area contributed by atoms with Gasteiger partial charge < -0.3 is 0 Å². The first kappa shape index (κ1) is 10.1. The van der Waals surface area contributed by atoms with E-state index in [1.807, 2.05) is 0 Å². The second-order valence-electron chi connectivity index (χ2n) is 3.12. The molecule has 1 aromatic carbocycles. The van der Waals surface area contributed by atoms with E-state index in [4.69, 9.17) is 5.26 Å². The molecule has 78 valence electrons. The molecule has 0 aliphatic heterocycles. The number of benzene rings is 1. The number of nitriles is 1. The normalized spacial score (nSPS) is 9.75. The van der Waals surface area contributed by atoms with E-state index in [0.717, 1.165) is 0 Å². The predicted octanol–water partition coefficient (Wildman–Crippen LogP) is 1.90. The number of nitrogens with one attached hydrogen (secondary N) is 1. The largest absolute Gasteiger partial charge is 0.298 e. The summed E-state index contributed by atoms with van der Waals surface area (Å²) in [6.07, 6.45) is 1.99. The van der Waals surface area contributed by atoms with Crippen LogP contribution in [-0.2, 0) is 0 Å². The van der Waals surface area contributed by atoms with Crippen LogP contribution in [0.15, 0.2) is 24.4 Å². The van der Waals surface area contributed by atoms with E-state index in [1.165, 1.54) is 18.3 Å². The minimum absolute atomic E-state index is 0.0316. The minimum atomic E-state index is -0.619. The SMILES string of the molecule is N#Cc1ccc(-c2[nH]ncc2C=O)cc1F. The number of aldehydes is 1. The van der Waals surface area contributed by atoms with Crippen LogP contribution in [0, 0.1) is 17.1 Å². The molecule has 0 saturated carbocycles. The maximum absolute atomic E-state index is 13.3. The Hall–Kier alpha value is -2.48. The van der Waals surface area contributed by atoms with Gasteiger partial charge in [0.15, 0.2) is 6.29 Å². The third-order valence-corrected chi connectivity index (χ3v) is 2.17. The molecule has 0 spiro atoms. The van der Waals surface area contributed by atoms with Gasteiger partial charge in [0.05, 0.1) is 23.0 Å². The Morgan fingerprint density at radius 2 is 2.31 bits per heavy atom. The highest BCUT2D eigenvalue weighted by Crippen LogP contribution is 2.22. The molecule has 2 aromatic rings. The van der Waals surface area contributed by atoms with Crippen molar-refractivity contribution < 1.29 is 9.18 Å². The number of aromatic nitrogens is 2. The number of nitrogens with zero attached hydrogens (tertiary/aromatic N) is 2.